The van der Waals surface area contributed by atoms with Crippen molar-refractivity contribution in [2.24, 2.45) is 0 Å². The highest BCUT2D eigenvalue weighted by molar-refractivity contribution is 7.21. The van der Waals surface area contributed by atoms with E-state index in [1.165, 1.54) is 17.4 Å². The van der Waals surface area contributed by atoms with E-state index < -0.39 is 0 Å². The number of ether oxygens (including phenoxy) is 1. The lowest BCUT2D eigenvalue weighted by molar-refractivity contribution is 0.419. The van der Waals surface area contributed by atoms with E-state index in [1.54, 1.807) is 19.2 Å². The van der Waals surface area contributed by atoms with Gasteiger partial charge in [-0.2, -0.15) is 0 Å². The van der Waals surface area contributed by atoms with Gasteiger partial charge in [0.05, 0.1) is 11.8 Å². The van der Waals surface area contributed by atoms with Crippen molar-refractivity contribution in [3.63, 3.8) is 0 Å². The minimum absolute atomic E-state index is 0.160. The highest BCUT2D eigenvalue weighted by Crippen LogP contribution is 2.41. The van der Waals surface area contributed by atoms with Gasteiger partial charge < -0.3 is 14.9 Å². The molecule has 3 nitrogen and oxygen atoms in total. The van der Waals surface area contributed by atoms with Crippen LogP contribution in [0.4, 0.5) is 0 Å². The number of phenolic OH excluding ortho intramolecular Hbond substituents is 1. The van der Waals surface area contributed by atoms with Gasteiger partial charge in [0.1, 0.15) is 11.5 Å². The molecule has 0 spiro atoms. The van der Waals surface area contributed by atoms with Gasteiger partial charge in [-0.25, -0.2) is 0 Å². The maximum Gasteiger partial charge on any atom is 0.172 e. The predicted octanol–water partition coefficient (Wildman–Crippen LogP) is 2.32. The van der Waals surface area contributed by atoms with E-state index in [2.05, 4.69) is 0 Å². The Morgan fingerprint density at radius 1 is 1.31 bits per heavy atom. The quantitative estimate of drug-likeness (QED) is 0.735. The molecule has 0 fully saturated rings. The molecule has 0 unspecified atom stereocenters. The van der Waals surface area contributed by atoms with E-state index in [0.29, 0.717) is 11.1 Å². The van der Waals surface area contributed by atoms with Gasteiger partial charge in [0, 0.05) is 11.5 Å². The number of rotatable bonds is 1. The molecule has 68 valence electrons. The molecule has 0 aliphatic rings. The molecule has 4 heteroatoms. The van der Waals surface area contributed by atoms with Gasteiger partial charge in [-0.15, -0.1) is 0 Å². The maximum absolute atomic E-state index is 9.44. The second-order valence-corrected chi connectivity index (χ2v) is 3.65. The lowest BCUT2D eigenvalue weighted by Gasteiger charge is -2.01. The molecule has 0 amide bonds. The highest BCUT2D eigenvalue weighted by atomic mass is 32.1. The van der Waals surface area contributed by atoms with Crippen LogP contribution in [-0.2, 0) is 0 Å². The average Bonchev–Trinajstić information content (AvgIpc) is 2.48. The third-order valence-corrected chi connectivity index (χ3v) is 2.78. The minimum Gasteiger partial charge on any atom is -0.507 e. The van der Waals surface area contributed by atoms with E-state index in [0.717, 1.165) is 4.70 Å². The average molecular weight is 196 g/mol. The van der Waals surface area contributed by atoms with Crippen molar-refractivity contribution in [3.05, 3.63) is 18.2 Å². The third kappa shape index (κ3) is 1.19. The Hall–Kier alpha value is -1.42. The first-order valence-corrected chi connectivity index (χ1v) is 4.52. The number of hydrogen-bond donors (Lipinski definition) is 2. The summed E-state index contributed by atoms with van der Waals surface area (Å²) in [6.07, 6.45) is 0. The van der Waals surface area contributed by atoms with Crippen molar-refractivity contribution in [3.8, 4) is 16.6 Å². The molecule has 2 N–H and O–H groups in total. The van der Waals surface area contributed by atoms with Crippen LogP contribution in [0.5, 0.6) is 16.6 Å². The van der Waals surface area contributed by atoms with Crippen molar-refractivity contribution >= 4 is 21.4 Å². The summed E-state index contributed by atoms with van der Waals surface area (Å²) in [6.45, 7) is 0. The Kier molecular flexibility index (Phi) is 1.77. The van der Waals surface area contributed by atoms with Gasteiger partial charge in [0.15, 0.2) is 5.06 Å². The highest BCUT2D eigenvalue weighted by Gasteiger charge is 2.09. The summed E-state index contributed by atoms with van der Waals surface area (Å²) in [6, 6.07) is 4.75. The molecule has 13 heavy (non-hydrogen) atoms. The van der Waals surface area contributed by atoms with Crippen LogP contribution in [0.1, 0.15) is 0 Å². The van der Waals surface area contributed by atoms with E-state index >= 15 is 0 Å². The Balaban J connectivity index is 2.83. The van der Waals surface area contributed by atoms with Crippen LogP contribution in [0.25, 0.3) is 10.1 Å². The first-order valence-electron chi connectivity index (χ1n) is 3.71. The van der Waals surface area contributed by atoms with E-state index in [1.807, 2.05) is 0 Å². The summed E-state index contributed by atoms with van der Waals surface area (Å²) < 4.78 is 5.85. The second kappa shape index (κ2) is 2.81. The third-order valence-electron chi connectivity index (χ3n) is 1.83. The van der Waals surface area contributed by atoms with Crippen LogP contribution in [0.15, 0.2) is 18.2 Å². The van der Waals surface area contributed by atoms with Crippen molar-refractivity contribution in [2.75, 3.05) is 7.11 Å². The van der Waals surface area contributed by atoms with Crippen molar-refractivity contribution in [2.45, 2.75) is 0 Å². The Labute approximate surface area is 78.8 Å². The van der Waals surface area contributed by atoms with Gasteiger partial charge in [-0.1, -0.05) is 11.3 Å². The number of thiophene rings is 1. The fourth-order valence-corrected chi connectivity index (χ4v) is 2.14. The number of benzene rings is 1. The largest absolute Gasteiger partial charge is 0.507 e. The van der Waals surface area contributed by atoms with Crippen LogP contribution < -0.4 is 4.74 Å². The lowest BCUT2D eigenvalue weighted by atomic mass is 10.2. The molecule has 0 radical (unpaired) electrons. The van der Waals surface area contributed by atoms with Crippen LogP contribution in [0, 0.1) is 0 Å². The number of hydrogen-bond acceptors (Lipinski definition) is 4. The van der Waals surface area contributed by atoms with Crippen molar-refractivity contribution in [1.82, 2.24) is 0 Å². The van der Waals surface area contributed by atoms with Crippen molar-refractivity contribution in [1.29, 1.82) is 0 Å². The molecule has 0 saturated heterocycles. The zero-order valence-electron chi connectivity index (χ0n) is 6.94. The number of aromatic hydroxyl groups is 2. The van der Waals surface area contributed by atoms with E-state index in [9.17, 15) is 10.2 Å². The minimum atomic E-state index is 0.160. The number of methoxy groups -OCH3 is 1. The Morgan fingerprint density at radius 2 is 2.08 bits per heavy atom. The number of fused-ring (bicyclic) bond motifs is 1. The van der Waals surface area contributed by atoms with Crippen LogP contribution in [0.2, 0.25) is 0 Å². The predicted molar refractivity (Wildman–Crippen MR) is 51.7 cm³/mol. The van der Waals surface area contributed by atoms with Gasteiger partial charge in [-0.3, -0.25) is 0 Å². The Bertz CT molecular complexity index is 447. The summed E-state index contributed by atoms with van der Waals surface area (Å²) in [5, 5.41) is 19.5. The van der Waals surface area contributed by atoms with Gasteiger partial charge in [-0.05, 0) is 12.1 Å². The van der Waals surface area contributed by atoms with Crippen LogP contribution in [-0.4, -0.2) is 17.3 Å². The molecule has 0 atom stereocenters. The molecule has 1 aromatic heterocycles. The summed E-state index contributed by atoms with van der Waals surface area (Å²) in [5.74, 6) is 0.824. The van der Waals surface area contributed by atoms with Gasteiger partial charge in [0.2, 0.25) is 0 Å². The standard InChI is InChI=1S/C9H8O3S/c1-12-7-3-2-6(10)5-4-8(11)13-9(5)7/h2-4,10-11H,1H3. The fraction of sp³-hybridized carbons (Fsp3) is 0.111. The zero-order chi connectivity index (χ0) is 9.42. The van der Waals surface area contributed by atoms with Gasteiger partial charge in [0.25, 0.3) is 0 Å². The van der Waals surface area contributed by atoms with Crippen LogP contribution in [0.3, 0.4) is 0 Å². The smallest absolute Gasteiger partial charge is 0.172 e. The second-order valence-electron chi connectivity index (χ2n) is 2.61. The molecule has 0 aliphatic heterocycles. The molecule has 2 aromatic rings. The monoisotopic (exact) mass is 196 g/mol. The van der Waals surface area contributed by atoms with Crippen LogP contribution >= 0.6 is 11.3 Å². The molecule has 1 heterocycles. The fourth-order valence-electron chi connectivity index (χ4n) is 1.23. The van der Waals surface area contributed by atoms with E-state index in [-0.39, 0.29) is 10.8 Å². The van der Waals surface area contributed by atoms with Crippen molar-refractivity contribution < 1.29 is 14.9 Å². The SMILES string of the molecule is COc1ccc(O)c2cc(O)sc12. The topological polar surface area (TPSA) is 49.7 Å². The first kappa shape index (κ1) is 8.19. The molecule has 1 aromatic carbocycles. The Morgan fingerprint density at radius 3 is 2.77 bits per heavy atom. The zero-order valence-corrected chi connectivity index (χ0v) is 7.76. The molecular weight excluding hydrogens is 188 g/mol. The van der Waals surface area contributed by atoms with Gasteiger partial charge >= 0.3 is 0 Å². The summed E-state index contributed by atoms with van der Waals surface area (Å²) in [5.41, 5.74) is 0. The summed E-state index contributed by atoms with van der Waals surface area (Å²) >= 11 is 1.19. The van der Waals surface area contributed by atoms with E-state index in [4.69, 9.17) is 4.74 Å². The number of phenols is 1. The molecule has 2 rings (SSSR count). The summed E-state index contributed by atoms with van der Waals surface area (Å²) in [7, 11) is 1.56. The maximum atomic E-state index is 9.44. The molecule has 0 saturated carbocycles. The molecule has 0 bridgehead atoms. The molecular formula is C9H8O3S. The summed E-state index contributed by atoms with van der Waals surface area (Å²) in [4.78, 5) is 0. The lowest BCUT2D eigenvalue weighted by Crippen LogP contribution is -1.81. The normalized spacial score (nSPS) is 10.5. The first-order chi connectivity index (χ1) is 6.22. The molecule has 0 aliphatic carbocycles.